The van der Waals surface area contributed by atoms with Crippen LogP contribution in [-0.2, 0) is 11.3 Å². The second kappa shape index (κ2) is 9.73. The summed E-state index contributed by atoms with van der Waals surface area (Å²) in [5.74, 6) is 1.38. The largest absolute Gasteiger partial charge is 0.497 e. The van der Waals surface area contributed by atoms with E-state index in [4.69, 9.17) is 4.74 Å². The number of benzene rings is 1. The van der Waals surface area contributed by atoms with Crippen molar-refractivity contribution in [2.75, 3.05) is 20.2 Å². The monoisotopic (exact) mass is 400 g/mol. The van der Waals surface area contributed by atoms with Gasteiger partial charge in [-0.3, -0.25) is 9.59 Å². The normalized spacial score (nSPS) is 16.6. The predicted octanol–water partition coefficient (Wildman–Crippen LogP) is 4.01. The fraction of sp³-hybridized carbons (Fsp3) is 0.455. The number of carbonyl (C=O) groups excluding carboxylic acids is 2. The van der Waals surface area contributed by atoms with E-state index in [9.17, 15) is 9.59 Å². The van der Waals surface area contributed by atoms with Crippen LogP contribution in [0.25, 0.3) is 0 Å². The van der Waals surface area contributed by atoms with Crippen LogP contribution in [0.2, 0.25) is 0 Å². The number of methoxy groups -OCH3 is 1. The van der Waals surface area contributed by atoms with Crippen LogP contribution < -0.4 is 10.1 Å². The summed E-state index contributed by atoms with van der Waals surface area (Å²) in [6.07, 6.45) is 3.40. The third-order valence-electron chi connectivity index (χ3n) is 5.27. The lowest BCUT2D eigenvalue weighted by molar-refractivity contribution is -0.121. The first-order chi connectivity index (χ1) is 13.6. The lowest BCUT2D eigenvalue weighted by Gasteiger charge is -2.32. The molecule has 150 valence electrons. The Labute approximate surface area is 170 Å². The topological polar surface area (TPSA) is 58.6 Å². The third kappa shape index (κ3) is 5.35. The van der Waals surface area contributed by atoms with E-state index < -0.39 is 0 Å². The first-order valence-corrected chi connectivity index (χ1v) is 10.7. The Morgan fingerprint density at radius 3 is 2.93 bits per heavy atom. The molecule has 0 aliphatic carbocycles. The fourth-order valence-corrected chi connectivity index (χ4v) is 4.52. The number of amides is 2. The highest BCUT2D eigenvalue weighted by Gasteiger charge is 2.26. The van der Waals surface area contributed by atoms with Gasteiger partial charge in [0.2, 0.25) is 5.91 Å². The summed E-state index contributed by atoms with van der Waals surface area (Å²) < 4.78 is 5.21. The highest BCUT2D eigenvalue weighted by atomic mass is 32.1. The van der Waals surface area contributed by atoms with Crippen LogP contribution in [0.5, 0.6) is 5.75 Å². The molecule has 1 N–H and O–H groups in total. The van der Waals surface area contributed by atoms with Gasteiger partial charge in [-0.1, -0.05) is 12.1 Å². The molecule has 2 aromatic rings. The molecule has 1 aliphatic rings. The van der Waals surface area contributed by atoms with Crippen LogP contribution in [-0.4, -0.2) is 36.9 Å². The number of carbonyl (C=O) groups is 2. The maximum Gasteiger partial charge on any atom is 0.264 e. The number of thiophene rings is 1. The van der Waals surface area contributed by atoms with Gasteiger partial charge in [-0.05, 0) is 66.8 Å². The van der Waals surface area contributed by atoms with Gasteiger partial charge in [0, 0.05) is 26.1 Å². The summed E-state index contributed by atoms with van der Waals surface area (Å²) in [6.45, 7) is 4.05. The molecule has 1 aromatic carbocycles. The Morgan fingerprint density at radius 1 is 1.32 bits per heavy atom. The van der Waals surface area contributed by atoms with Crippen molar-refractivity contribution in [2.45, 2.75) is 39.2 Å². The van der Waals surface area contributed by atoms with Crippen LogP contribution in [0.3, 0.4) is 0 Å². The van der Waals surface area contributed by atoms with Gasteiger partial charge in [0.05, 0.1) is 12.0 Å². The van der Waals surface area contributed by atoms with Crippen molar-refractivity contribution in [3.63, 3.8) is 0 Å². The zero-order valence-electron chi connectivity index (χ0n) is 16.6. The Morgan fingerprint density at radius 2 is 2.18 bits per heavy atom. The number of hydrogen-bond donors (Lipinski definition) is 1. The molecule has 5 nitrogen and oxygen atoms in total. The first-order valence-electron chi connectivity index (χ1n) is 9.80. The van der Waals surface area contributed by atoms with E-state index >= 15 is 0 Å². The summed E-state index contributed by atoms with van der Waals surface area (Å²) >= 11 is 1.51. The fourth-order valence-electron chi connectivity index (χ4n) is 3.63. The van der Waals surface area contributed by atoms with Crippen LogP contribution in [0.15, 0.2) is 35.7 Å². The van der Waals surface area contributed by atoms with E-state index in [1.54, 1.807) is 7.11 Å². The third-order valence-corrected chi connectivity index (χ3v) is 6.27. The number of likely N-dealkylation sites (tertiary alicyclic amines) is 1. The maximum absolute atomic E-state index is 12.7. The molecule has 0 bridgehead atoms. The molecule has 0 spiro atoms. The maximum atomic E-state index is 12.7. The summed E-state index contributed by atoms with van der Waals surface area (Å²) in [4.78, 5) is 27.8. The van der Waals surface area contributed by atoms with Crippen molar-refractivity contribution >= 4 is 23.2 Å². The van der Waals surface area contributed by atoms with Crippen molar-refractivity contribution < 1.29 is 14.3 Å². The van der Waals surface area contributed by atoms with Gasteiger partial charge >= 0.3 is 0 Å². The van der Waals surface area contributed by atoms with E-state index in [0.29, 0.717) is 18.9 Å². The van der Waals surface area contributed by atoms with Crippen molar-refractivity contribution in [2.24, 2.45) is 5.92 Å². The number of ether oxygens (including phenoxy) is 1. The molecule has 3 rings (SSSR count). The number of nitrogens with one attached hydrogen (secondary N) is 1. The van der Waals surface area contributed by atoms with Crippen LogP contribution in [0, 0.1) is 12.8 Å². The standard InChI is InChI=1S/C22H28N2O3S/c1-16-10-12-28-21(16)22(26)24-11-4-6-17(15-24)8-9-20(25)23-14-18-5-3-7-19(13-18)27-2/h3,5,7,10,12-13,17H,4,6,8-9,11,14-15H2,1-2H3,(H,23,25)/t17-/m0/s1. The van der Waals surface area contributed by atoms with Crippen LogP contribution in [0.4, 0.5) is 0 Å². The van der Waals surface area contributed by atoms with Crippen LogP contribution in [0.1, 0.15) is 46.5 Å². The summed E-state index contributed by atoms with van der Waals surface area (Å²) in [6, 6.07) is 9.70. The molecule has 1 aromatic heterocycles. The molecule has 1 saturated heterocycles. The Kier molecular flexibility index (Phi) is 7.09. The quantitative estimate of drug-likeness (QED) is 0.764. The molecule has 6 heteroatoms. The average Bonchev–Trinajstić information content (AvgIpc) is 3.16. The van der Waals surface area contributed by atoms with Crippen molar-refractivity contribution in [1.82, 2.24) is 10.2 Å². The average molecular weight is 401 g/mol. The Bertz CT molecular complexity index is 818. The minimum atomic E-state index is 0.0559. The van der Waals surface area contributed by atoms with Gasteiger partial charge in [0.15, 0.2) is 0 Å². The predicted molar refractivity (Wildman–Crippen MR) is 112 cm³/mol. The number of hydrogen-bond acceptors (Lipinski definition) is 4. The lowest BCUT2D eigenvalue weighted by atomic mass is 9.93. The van der Waals surface area contributed by atoms with Gasteiger partial charge in [0.25, 0.3) is 5.91 Å². The molecule has 0 radical (unpaired) electrons. The number of nitrogens with zero attached hydrogens (tertiary/aromatic N) is 1. The summed E-state index contributed by atoms with van der Waals surface area (Å²) in [7, 11) is 1.63. The van der Waals surface area contributed by atoms with Gasteiger partial charge in [-0.25, -0.2) is 0 Å². The zero-order chi connectivity index (χ0) is 19.9. The molecule has 28 heavy (non-hydrogen) atoms. The lowest BCUT2D eigenvalue weighted by Crippen LogP contribution is -2.40. The smallest absolute Gasteiger partial charge is 0.264 e. The number of aryl methyl sites for hydroxylation is 1. The molecule has 0 unspecified atom stereocenters. The second-order valence-electron chi connectivity index (χ2n) is 7.36. The Hall–Kier alpha value is -2.34. The van der Waals surface area contributed by atoms with E-state index in [0.717, 1.165) is 54.1 Å². The van der Waals surface area contributed by atoms with Gasteiger partial charge in [0.1, 0.15) is 5.75 Å². The molecule has 1 fully saturated rings. The molecule has 1 atom stereocenters. The van der Waals surface area contributed by atoms with E-state index in [-0.39, 0.29) is 11.8 Å². The van der Waals surface area contributed by atoms with Gasteiger partial charge in [-0.2, -0.15) is 0 Å². The highest BCUT2D eigenvalue weighted by Crippen LogP contribution is 2.25. The van der Waals surface area contributed by atoms with E-state index in [1.165, 1.54) is 11.3 Å². The molecule has 1 aliphatic heterocycles. The summed E-state index contributed by atoms with van der Waals surface area (Å²) in [5, 5.41) is 4.95. The minimum Gasteiger partial charge on any atom is -0.497 e. The molecule has 2 heterocycles. The van der Waals surface area contributed by atoms with E-state index in [1.807, 2.05) is 47.5 Å². The van der Waals surface area contributed by atoms with E-state index in [2.05, 4.69) is 5.32 Å². The zero-order valence-corrected chi connectivity index (χ0v) is 17.4. The van der Waals surface area contributed by atoms with Gasteiger partial charge in [-0.15, -0.1) is 11.3 Å². The molecular formula is C22H28N2O3S. The Balaban J connectivity index is 1.44. The number of rotatable bonds is 7. The van der Waals surface area contributed by atoms with Gasteiger partial charge < -0.3 is 15.0 Å². The second-order valence-corrected chi connectivity index (χ2v) is 8.28. The first kappa shape index (κ1) is 20.4. The highest BCUT2D eigenvalue weighted by molar-refractivity contribution is 7.12. The SMILES string of the molecule is COc1cccc(CNC(=O)CC[C@@H]2CCCN(C(=O)c3sccc3C)C2)c1. The van der Waals surface area contributed by atoms with Crippen LogP contribution >= 0.6 is 11.3 Å². The van der Waals surface area contributed by atoms with Crippen molar-refractivity contribution in [3.8, 4) is 5.75 Å². The minimum absolute atomic E-state index is 0.0559. The molecule has 2 amide bonds. The molecule has 0 saturated carbocycles. The summed E-state index contributed by atoms with van der Waals surface area (Å²) in [5.41, 5.74) is 2.07. The molecular weight excluding hydrogens is 372 g/mol. The van der Waals surface area contributed by atoms with Crippen molar-refractivity contribution in [1.29, 1.82) is 0 Å². The number of piperidine rings is 1. The van der Waals surface area contributed by atoms with Crippen molar-refractivity contribution in [3.05, 3.63) is 51.7 Å².